The molecule has 0 spiro atoms. The van der Waals surface area contributed by atoms with Gasteiger partial charge in [-0.05, 0) is 72.6 Å². The standard InChI is InChI=1S/C37H41N5O5S/c1-24-10-8-11-25(2)34(24)31-19-32-39-36(38-31)40-48(45,46)30-15-9-14-27(18-30)35(44)42(29(23-47-32)20-37(3,4)5)22-33(43)41-17-16-26-12-6-7-13-28(26)21-41/h6-15,18-19,29H,16-17,20-23H2,1-5H3,(H,38,39,40)/t29-/m1/s1. The van der Waals surface area contributed by atoms with Gasteiger partial charge >= 0.3 is 0 Å². The molecule has 1 aromatic heterocycles. The van der Waals surface area contributed by atoms with E-state index in [2.05, 4.69) is 41.5 Å². The first-order chi connectivity index (χ1) is 22.8. The van der Waals surface area contributed by atoms with Crippen molar-refractivity contribution >= 4 is 27.8 Å². The molecule has 6 rings (SSSR count). The fourth-order valence-electron chi connectivity index (χ4n) is 6.50. The van der Waals surface area contributed by atoms with Crippen molar-refractivity contribution in [2.75, 3.05) is 24.4 Å². The van der Waals surface area contributed by atoms with Crippen LogP contribution in [0.5, 0.6) is 5.88 Å². The van der Waals surface area contributed by atoms with E-state index in [1.807, 2.05) is 50.2 Å². The molecule has 0 fully saturated rings. The van der Waals surface area contributed by atoms with Crippen LogP contribution >= 0.6 is 0 Å². The van der Waals surface area contributed by atoms with Gasteiger partial charge in [0.05, 0.1) is 16.6 Å². The molecule has 2 aliphatic rings. The van der Waals surface area contributed by atoms with Crippen LogP contribution in [-0.4, -0.2) is 65.7 Å². The maximum atomic E-state index is 14.4. The topological polar surface area (TPSA) is 122 Å². The van der Waals surface area contributed by atoms with Gasteiger partial charge in [0.15, 0.2) is 0 Å². The van der Waals surface area contributed by atoms with Crippen molar-refractivity contribution in [1.29, 1.82) is 0 Å². The van der Waals surface area contributed by atoms with Crippen molar-refractivity contribution in [3.63, 3.8) is 0 Å². The lowest BCUT2D eigenvalue weighted by Crippen LogP contribution is -2.51. The minimum Gasteiger partial charge on any atom is -0.475 e. The highest BCUT2D eigenvalue weighted by molar-refractivity contribution is 7.92. The van der Waals surface area contributed by atoms with Gasteiger partial charge in [0.1, 0.15) is 13.2 Å². The summed E-state index contributed by atoms with van der Waals surface area (Å²) in [5.41, 5.74) is 5.46. The Hall–Kier alpha value is -4.77. The lowest BCUT2D eigenvalue weighted by Gasteiger charge is -2.37. The van der Waals surface area contributed by atoms with Gasteiger partial charge in [-0.2, -0.15) is 4.98 Å². The molecule has 1 N–H and O–H groups in total. The number of sulfonamides is 1. The van der Waals surface area contributed by atoms with Crippen LogP contribution in [0.1, 0.15) is 59.8 Å². The van der Waals surface area contributed by atoms with Gasteiger partial charge in [-0.3, -0.25) is 9.59 Å². The monoisotopic (exact) mass is 667 g/mol. The van der Waals surface area contributed by atoms with Crippen molar-refractivity contribution in [3.8, 4) is 17.1 Å². The summed E-state index contributed by atoms with van der Waals surface area (Å²) in [4.78, 5) is 40.6. The number of carbonyl (C=O) groups is 2. The van der Waals surface area contributed by atoms with E-state index in [1.54, 1.807) is 21.9 Å². The Morgan fingerprint density at radius 3 is 2.40 bits per heavy atom. The van der Waals surface area contributed by atoms with E-state index in [0.717, 1.165) is 28.7 Å². The van der Waals surface area contributed by atoms with Crippen LogP contribution in [-0.2, 0) is 27.8 Å². The van der Waals surface area contributed by atoms with E-state index < -0.39 is 22.0 Å². The Labute approximate surface area is 282 Å². The van der Waals surface area contributed by atoms with Gasteiger partial charge in [0.2, 0.25) is 17.7 Å². The van der Waals surface area contributed by atoms with Crippen molar-refractivity contribution in [2.45, 2.75) is 64.9 Å². The molecule has 11 heteroatoms. The van der Waals surface area contributed by atoms with Crippen LogP contribution in [0.25, 0.3) is 11.3 Å². The zero-order chi connectivity index (χ0) is 34.2. The third-order valence-corrected chi connectivity index (χ3v) is 10.1. The minimum absolute atomic E-state index is 0.0220. The molecule has 1 atom stereocenters. The molecular weight excluding hydrogens is 627 g/mol. The number of fused-ring (bicyclic) bond motifs is 5. The van der Waals surface area contributed by atoms with Gasteiger partial charge in [-0.1, -0.05) is 69.3 Å². The lowest BCUT2D eigenvalue weighted by atomic mass is 9.87. The molecule has 250 valence electrons. The van der Waals surface area contributed by atoms with E-state index in [1.165, 1.54) is 23.8 Å². The number of rotatable bonds is 4. The Morgan fingerprint density at radius 2 is 1.67 bits per heavy atom. The normalized spacial score (nSPS) is 17.6. The number of amides is 2. The molecule has 0 saturated carbocycles. The second-order valence-corrected chi connectivity index (χ2v) is 15.5. The summed E-state index contributed by atoms with van der Waals surface area (Å²) in [7, 11) is -4.21. The van der Waals surface area contributed by atoms with Crippen molar-refractivity contribution in [3.05, 3.63) is 101 Å². The van der Waals surface area contributed by atoms with Gasteiger partial charge in [0, 0.05) is 30.3 Å². The molecule has 0 aliphatic carbocycles. The summed E-state index contributed by atoms with van der Waals surface area (Å²) in [5.74, 6) is -0.639. The highest BCUT2D eigenvalue weighted by atomic mass is 32.2. The fraction of sp³-hybridized carbons (Fsp3) is 0.351. The van der Waals surface area contributed by atoms with Gasteiger partial charge in [-0.25, -0.2) is 18.1 Å². The molecule has 4 aromatic rings. The molecule has 2 amide bonds. The number of aromatic nitrogens is 2. The highest BCUT2D eigenvalue weighted by Gasteiger charge is 2.34. The van der Waals surface area contributed by atoms with Crippen LogP contribution in [0.3, 0.4) is 0 Å². The Balaban J connectivity index is 1.43. The van der Waals surface area contributed by atoms with Crippen molar-refractivity contribution < 1.29 is 22.7 Å². The second-order valence-electron chi connectivity index (χ2n) is 13.8. The quantitative estimate of drug-likeness (QED) is 0.293. The van der Waals surface area contributed by atoms with Gasteiger partial charge < -0.3 is 14.5 Å². The minimum atomic E-state index is -4.21. The predicted octanol–water partition coefficient (Wildman–Crippen LogP) is 5.79. The second kappa shape index (κ2) is 13.0. The number of nitrogens with one attached hydrogen (secondary N) is 1. The molecule has 0 saturated heterocycles. The average molecular weight is 668 g/mol. The number of carbonyl (C=O) groups excluding carboxylic acids is 2. The third-order valence-electron chi connectivity index (χ3n) is 8.82. The van der Waals surface area contributed by atoms with Crippen LogP contribution in [0.2, 0.25) is 0 Å². The van der Waals surface area contributed by atoms with E-state index in [-0.39, 0.29) is 46.8 Å². The van der Waals surface area contributed by atoms with Crippen LogP contribution in [0, 0.1) is 19.3 Å². The Kier molecular flexibility index (Phi) is 9.00. The number of nitrogens with zero attached hydrogens (tertiary/aromatic N) is 4. The summed E-state index contributed by atoms with van der Waals surface area (Å²) < 4.78 is 36.2. The molecule has 2 aliphatic heterocycles. The number of ether oxygens (including phenoxy) is 1. The molecule has 0 unspecified atom stereocenters. The zero-order valence-corrected chi connectivity index (χ0v) is 28.8. The van der Waals surface area contributed by atoms with Crippen LogP contribution < -0.4 is 9.46 Å². The molecular formula is C37H41N5O5S. The maximum Gasteiger partial charge on any atom is 0.264 e. The maximum absolute atomic E-state index is 14.4. The summed E-state index contributed by atoms with van der Waals surface area (Å²) >= 11 is 0. The van der Waals surface area contributed by atoms with E-state index in [4.69, 9.17) is 4.74 Å². The first-order valence-corrected chi connectivity index (χ1v) is 17.6. The first kappa shape index (κ1) is 33.1. The van der Waals surface area contributed by atoms with Gasteiger partial charge in [-0.15, -0.1) is 0 Å². The summed E-state index contributed by atoms with van der Waals surface area (Å²) in [6.45, 7) is 11.0. The number of benzene rings is 3. The summed E-state index contributed by atoms with van der Waals surface area (Å²) in [6.07, 6.45) is 1.24. The summed E-state index contributed by atoms with van der Waals surface area (Å²) in [6, 6.07) is 20.9. The smallest absolute Gasteiger partial charge is 0.264 e. The predicted molar refractivity (Wildman–Crippen MR) is 184 cm³/mol. The number of hydrogen-bond acceptors (Lipinski definition) is 7. The van der Waals surface area contributed by atoms with E-state index in [9.17, 15) is 18.0 Å². The molecule has 3 heterocycles. The van der Waals surface area contributed by atoms with Gasteiger partial charge in [0.25, 0.3) is 15.9 Å². The third kappa shape index (κ3) is 7.21. The Morgan fingerprint density at radius 1 is 0.958 bits per heavy atom. The number of aryl methyl sites for hydroxylation is 2. The van der Waals surface area contributed by atoms with Crippen LogP contribution in [0.15, 0.2) is 77.7 Å². The van der Waals surface area contributed by atoms with Crippen LogP contribution in [0.4, 0.5) is 5.95 Å². The highest BCUT2D eigenvalue weighted by Crippen LogP contribution is 2.31. The van der Waals surface area contributed by atoms with Crippen molar-refractivity contribution in [1.82, 2.24) is 19.8 Å². The molecule has 4 bridgehead atoms. The molecule has 3 aromatic carbocycles. The lowest BCUT2D eigenvalue weighted by molar-refractivity contribution is -0.133. The average Bonchev–Trinajstić information content (AvgIpc) is 3.04. The molecule has 48 heavy (non-hydrogen) atoms. The molecule has 10 nitrogen and oxygen atoms in total. The van der Waals surface area contributed by atoms with E-state index >= 15 is 0 Å². The number of anilines is 1. The van der Waals surface area contributed by atoms with E-state index in [0.29, 0.717) is 25.2 Å². The summed E-state index contributed by atoms with van der Waals surface area (Å²) in [5, 5.41) is 0. The Bertz CT molecular complexity index is 1970. The molecule has 0 radical (unpaired) electrons. The largest absolute Gasteiger partial charge is 0.475 e. The zero-order valence-electron chi connectivity index (χ0n) is 28.0. The SMILES string of the molecule is Cc1cccc(C)c1-c1cc2nc(n1)NS(=O)(=O)c1cccc(c1)C(=O)N(CC(=O)N1CCc3ccccc3C1)[C@H](CC(C)(C)C)CO2. The fourth-order valence-corrected chi connectivity index (χ4v) is 7.49. The first-order valence-electron chi connectivity index (χ1n) is 16.1. The number of hydrogen-bond donors (Lipinski definition) is 1. The van der Waals surface area contributed by atoms with Crippen molar-refractivity contribution in [2.24, 2.45) is 5.41 Å².